The second kappa shape index (κ2) is 11.5. The highest BCUT2D eigenvalue weighted by molar-refractivity contribution is 7.92. The number of hydrogen-bond acceptors (Lipinski definition) is 4. The van der Waals surface area contributed by atoms with Gasteiger partial charge in [-0.3, -0.25) is 13.9 Å². The minimum absolute atomic E-state index is 0.0955. The zero-order valence-electron chi connectivity index (χ0n) is 19.7. The average molecular weight is 494 g/mol. The normalized spacial score (nSPS) is 12.3. The summed E-state index contributed by atoms with van der Waals surface area (Å²) in [5.74, 6) is -0.756. The number of nitrogens with one attached hydrogen (secondary N) is 1. The van der Waals surface area contributed by atoms with Crippen LogP contribution in [0.5, 0.6) is 0 Å². The number of amides is 2. The lowest BCUT2D eigenvalue weighted by molar-refractivity contribution is -0.140. The third kappa shape index (κ3) is 7.75. The van der Waals surface area contributed by atoms with Gasteiger partial charge in [0.25, 0.3) is 0 Å². The van der Waals surface area contributed by atoms with Gasteiger partial charge >= 0.3 is 0 Å². The number of benzene rings is 2. The molecule has 2 aromatic rings. The lowest BCUT2D eigenvalue weighted by Gasteiger charge is -2.33. The Morgan fingerprint density at radius 1 is 1.09 bits per heavy atom. The van der Waals surface area contributed by atoms with Crippen molar-refractivity contribution in [3.63, 3.8) is 0 Å². The van der Waals surface area contributed by atoms with Gasteiger partial charge < -0.3 is 10.2 Å². The summed E-state index contributed by atoms with van der Waals surface area (Å²) in [6.45, 7) is 7.22. The maximum absolute atomic E-state index is 13.5. The van der Waals surface area contributed by atoms with Crippen LogP contribution in [0.3, 0.4) is 0 Å². The SMILES string of the molecule is CCC(C(=O)NC(C)C)N(Cc1ccc(C)cc1)C(=O)CN(c1cccc(Cl)c1)S(C)(=O)=O. The molecule has 0 heterocycles. The van der Waals surface area contributed by atoms with Gasteiger partial charge in [0.2, 0.25) is 21.8 Å². The highest BCUT2D eigenvalue weighted by atomic mass is 35.5. The zero-order valence-corrected chi connectivity index (χ0v) is 21.3. The molecule has 0 aliphatic carbocycles. The minimum atomic E-state index is -3.79. The first-order valence-corrected chi connectivity index (χ1v) is 13.0. The van der Waals surface area contributed by atoms with E-state index in [4.69, 9.17) is 11.6 Å². The molecule has 9 heteroatoms. The monoisotopic (exact) mass is 493 g/mol. The summed E-state index contributed by atoms with van der Waals surface area (Å²) in [6, 6.07) is 13.1. The van der Waals surface area contributed by atoms with E-state index in [0.717, 1.165) is 21.7 Å². The quantitative estimate of drug-likeness (QED) is 0.546. The van der Waals surface area contributed by atoms with Crippen LogP contribution in [0.2, 0.25) is 5.02 Å². The van der Waals surface area contributed by atoms with E-state index in [1.165, 1.54) is 11.0 Å². The predicted octanol–water partition coefficient (Wildman–Crippen LogP) is 3.75. The first kappa shape index (κ1) is 26.7. The molecule has 1 atom stereocenters. The Kier molecular flexibility index (Phi) is 9.31. The Labute approximate surface area is 201 Å². The van der Waals surface area contributed by atoms with Crippen LogP contribution in [0.1, 0.15) is 38.3 Å². The fourth-order valence-corrected chi connectivity index (χ4v) is 4.46. The van der Waals surface area contributed by atoms with Crippen molar-refractivity contribution in [3.8, 4) is 0 Å². The van der Waals surface area contributed by atoms with Crippen molar-refractivity contribution in [2.45, 2.75) is 52.7 Å². The molecule has 0 radical (unpaired) electrons. The summed E-state index contributed by atoms with van der Waals surface area (Å²) >= 11 is 6.05. The van der Waals surface area contributed by atoms with Crippen LogP contribution in [0.25, 0.3) is 0 Å². The van der Waals surface area contributed by atoms with Crippen molar-refractivity contribution in [2.24, 2.45) is 0 Å². The molecule has 2 aromatic carbocycles. The van der Waals surface area contributed by atoms with Gasteiger partial charge in [0, 0.05) is 17.6 Å². The highest BCUT2D eigenvalue weighted by Gasteiger charge is 2.32. The van der Waals surface area contributed by atoms with Crippen molar-refractivity contribution >= 4 is 39.1 Å². The van der Waals surface area contributed by atoms with Crippen LogP contribution >= 0.6 is 11.6 Å². The minimum Gasteiger partial charge on any atom is -0.352 e. The van der Waals surface area contributed by atoms with Gasteiger partial charge in [-0.05, 0) is 51.0 Å². The summed E-state index contributed by atoms with van der Waals surface area (Å²) in [5.41, 5.74) is 2.21. The fraction of sp³-hybridized carbons (Fsp3) is 0.417. The Balaban J connectivity index is 2.43. The number of hydrogen-bond donors (Lipinski definition) is 1. The number of aryl methyl sites for hydroxylation is 1. The molecule has 7 nitrogen and oxygen atoms in total. The number of rotatable bonds is 10. The number of carbonyl (C=O) groups excluding carboxylic acids is 2. The molecule has 2 amide bonds. The molecule has 1 unspecified atom stereocenters. The Bertz CT molecular complexity index is 1070. The molecule has 2 rings (SSSR count). The predicted molar refractivity (Wildman–Crippen MR) is 133 cm³/mol. The largest absolute Gasteiger partial charge is 0.352 e. The Morgan fingerprint density at radius 3 is 2.24 bits per heavy atom. The topological polar surface area (TPSA) is 86.8 Å². The highest BCUT2D eigenvalue weighted by Crippen LogP contribution is 2.23. The van der Waals surface area contributed by atoms with E-state index in [2.05, 4.69) is 5.32 Å². The van der Waals surface area contributed by atoms with E-state index in [9.17, 15) is 18.0 Å². The van der Waals surface area contributed by atoms with E-state index < -0.39 is 28.5 Å². The molecule has 1 N–H and O–H groups in total. The van der Waals surface area contributed by atoms with Gasteiger partial charge in [-0.2, -0.15) is 0 Å². The molecule has 0 aliphatic heterocycles. The fourth-order valence-electron chi connectivity index (χ4n) is 3.44. The van der Waals surface area contributed by atoms with Crippen LogP contribution in [-0.4, -0.2) is 50.0 Å². The molecule has 0 bridgehead atoms. The second-order valence-corrected chi connectivity index (χ2v) is 10.7. The van der Waals surface area contributed by atoms with Crippen LogP contribution in [0.15, 0.2) is 48.5 Å². The summed E-state index contributed by atoms with van der Waals surface area (Å²) in [6.07, 6.45) is 1.42. The third-order valence-electron chi connectivity index (χ3n) is 5.07. The number of carbonyl (C=O) groups is 2. The first-order chi connectivity index (χ1) is 15.4. The second-order valence-electron chi connectivity index (χ2n) is 8.34. The molecule has 0 aliphatic rings. The third-order valence-corrected chi connectivity index (χ3v) is 6.44. The summed E-state index contributed by atoms with van der Waals surface area (Å²) in [4.78, 5) is 27.9. The van der Waals surface area contributed by atoms with Crippen LogP contribution in [0, 0.1) is 6.92 Å². The van der Waals surface area contributed by atoms with E-state index in [1.807, 2.05) is 52.0 Å². The maximum atomic E-state index is 13.5. The summed E-state index contributed by atoms with van der Waals surface area (Å²) < 4.78 is 26.1. The Morgan fingerprint density at radius 2 is 1.73 bits per heavy atom. The standard InChI is InChI=1S/C24H32ClN3O4S/c1-6-22(24(30)26-17(2)3)27(15-19-12-10-18(4)11-13-19)23(29)16-28(33(5,31)32)21-9-7-8-20(25)14-21/h7-14,17,22H,6,15-16H2,1-5H3,(H,26,30). The van der Waals surface area contributed by atoms with Crippen LogP contribution in [0.4, 0.5) is 5.69 Å². The lowest BCUT2D eigenvalue weighted by Crippen LogP contribution is -2.53. The van der Waals surface area contributed by atoms with Crippen LogP contribution in [-0.2, 0) is 26.2 Å². The van der Waals surface area contributed by atoms with E-state index in [-0.39, 0.29) is 24.2 Å². The summed E-state index contributed by atoms with van der Waals surface area (Å²) in [7, 11) is -3.79. The van der Waals surface area contributed by atoms with Gasteiger partial charge in [0.05, 0.1) is 11.9 Å². The molecule has 0 fully saturated rings. The van der Waals surface area contributed by atoms with E-state index >= 15 is 0 Å². The van der Waals surface area contributed by atoms with E-state index in [0.29, 0.717) is 11.4 Å². The van der Waals surface area contributed by atoms with Gasteiger partial charge in [0.15, 0.2) is 0 Å². The molecule has 33 heavy (non-hydrogen) atoms. The van der Waals surface area contributed by atoms with Crippen molar-refractivity contribution in [3.05, 3.63) is 64.7 Å². The van der Waals surface area contributed by atoms with Gasteiger partial charge in [-0.15, -0.1) is 0 Å². The molecule has 0 saturated carbocycles. The molecule has 180 valence electrons. The smallest absolute Gasteiger partial charge is 0.244 e. The Hall–Kier alpha value is -2.58. The number of anilines is 1. The molecule has 0 spiro atoms. The molecular weight excluding hydrogens is 462 g/mol. The van der Waals surface area contributed by atoms with Gasteiger partial charge in [-0.1, -0.05) is 54.4 Å². The lowest BCUT2D eigenvalue weighted by atomic mass is 10.1. The number of halogens is 1. The van der Waals surface area contributed by atoms with Crippen molar-refractivity contribution in [1.29, 1.82) is 0 Å². The average Bonchev–Trinajstić information content (AvgIpc) is 2.71. The number of nitrogens with zero attached hydrogens (tertiary/aromatic N) is 2. The zero-order chi connectivity index (χ0) is 24.8. The maximum Gasteiger partial charge on any atom is 0.244 e. The van der Waals surface area contributed by atoms with Crippen molar-refractivity contribution < 1.29 is 18.0 Å². The number of sulfonamides is 1. The van der Waals surface area contributed by atoms with Gasteiger partial charge in [-0.25, -0.2) is 8.42 Å². The molecule has 0 aromatic heterocycles. The summed E-state index contributed by atoms with van der Waals surface area (Å²) in [5, 5.41) is 3.22. The molecule has 0 saturated heterocycles. The van der Waals surface area contributed by atoms with E-state index in [1.54, 1.807) is 18.2 Å². The van der Waals surface area contributed by atoms with Crippen molar-refractivity contribution in [2.75, 3.05) is 17.1 Å². The molecular formula is C24H32ClN3O4S. The first-order valence-electron chi connectivity index (χ1n) is 10.8. The van der Waals surface area contributed by atoms with Crippen LogP contribution < -0.4 is 9.62 Å². The van der Waals surface area contributed by atoms with Crippen molar-refractivity contribution in [1.82, 2.24) is 10.2 Å². The van der Waals surface area contributed by atoms with Gasteiger partial charge in [0.1, 0.15) is 12.6 Å².